The number of nitriles is 1. The molecule has 1 aromatic carbocycles. The fraction of sp³-hybridized carbons (Fsp3) is 0.364. The van der Waals surface area contributed by atoms with Gasteiger partial charge < -0.3 is 14.6 Å². The van der Waals surface area contributed by atoms with E-state index >= 15 is 0 Å². The number of alkyl halides is 1. The van der Waals surface area contributed by atoms with E-state index in [-0.39, 0.29) is 6.61 Å². The Labute approximate surface area is 103 Å². The SMILES string of the molecule is COc1cc(C#N)cc(OCC(O)CBr)c1. The molecule has 1 N–H and O–H groups in total. The Bertz CT molecular complexity index is 389. The Morgan fingerprint density at radius 2 is 2.12 bits per heavy atom. The molecule has 16 heavy (non-hydrogen) atoms. The lowest BCUT2D eigenvalue weighted by molar-refractivity contribution is 0.127. The molecule has 0 radical (unpaired) electrons. The molecule has 0 aliphatic rings. The smallest absolute Gasteiger partial charge is 0.124 e. The van der Waals surface area contributed by atoms with Crippen LogP contribution in [0.1, 0.15) is 5.56 Å². The van der Waals surface area contributed by atoms with Crippen LogP contribution < -0.4 is 9.47 Å². The molecule has 1 atom stereocenters. The second kappa shape index (κ2) is 6.36. The van der Waals surface area contributed by atoms with Crippen LogP contribution in [0.4, 0.5) is 0 Å². The van der Waals surface area contributed by atoms with Gasteiger partial charge in [-0.05, 0) is 12.1 Å². The summed E-state index contributed by atoms with van der Waals surface area (Å²) in [5.74, 6) is 1.07. The van der Waals surface area contributed by atoms with E-state index in [1.54, 1.807) is 18.2 Å². The van der Waals surface area contributed by atoms with Crippen LogP contribution in [0.25, 0.3) is 0 Å². The molecule has 4 nitrogen and oxygen atoms in total. The highest BCUT2D eigenvalue weighted by atomic mass is 79.9. The highest BCUT2D eigenvalue weighted by Crippen LogP contribution is 2.22. The predicted molar refractivity (Wildman–Crippen MR) is 63.0 cm³/mol. The molecular weight excluding hydrogens is 274 g/mol. The standard InChI is InChI=1S/C11H12BrNO3/c1-15-10-2-8(6-13)3-11(4-10)16-7-9(14)5-12/h2-4,9,14H,5,7H2,1H3. The van der Waals surface area contributed by atoms with E-state index in [4.69, 9.17) is 14.7 Å². The van der Waals surface area contributed by atoms with E-state index in [1.165, 1.54) is 7.11 Å². The Balaban J connectivity index is 2.76. The largest absolute Gasteiger partial charge is 0.497 e. The summed E-state index contributed by atoms with van der Waals surface area (Å²) in [6, 6.07) is 6.90. The minimum absolute atomic E-state index is 0.170. The maximum atomic E-state index is 9.30. The van der Waals surface area contributed by atoms with Crippen molar-refractivity contribution in [2.24, 2.45) is 0 Å². The highest BCUT2D eigenvalue weighted by Gasteiger charge is 2.05. The van der Waals surface area contributed by atoms with E-state index < -0.39 is 6.10 Å². The maximum absolute atomic E-state index is 9.30. The molecule has 0 aliphatic heterocycles. The van der Waals surface area contributed by atoms with Crippen LogP contribution in [0, 0.1) is 11.3 Å². The summed E-state index contributed by atoms with van der Waals surface area (Å²) in [6.07, 6.45) is -0.572. The average molecular weight is 286 g/mol. The van der Waals surface area contributed by atoms with Gasteiger partial charge in [-0.15, -0.1) is 0 Å². The third-order valence-electron chi connectivity index (χ3n) is 1.87. The summed E-state index contributed by atoms with van der Waals surface area (Å²) in [4.78, 5) is 0. The highest BCUT2D eigenvalue weighted by molar-refractivity contribution is 9.09. The van der Waals surface area contributed by atoms with Crippen molar-refractivity contribution in [3.63, 3.8) is 0 Å². The first-order valence-electron chi connectivity index (χ1n) is 4.65. The van der Waals surface area contributed by atoms with Crippen molar-refractivity contribution in [1.29, 1.82) is 5.26 Å². The number of aliphatic hydroxyl groups excluding tert-OH is 1. The number of rotatable bonds is 5. The monoisotopic (exact) mass is 285 g/mol. The first-order chi connectivity index (χ1) is 7.69. The molecule has 0 bridgehead atoms. The predicted octanol–water partition coefficient (Wildman–Crippen LogP) is 1.70. The van der Waals surface area contributed by atoms with Crippen molar-refractivity contribution in [3.8, 4) is 17.6 Å². The average Bonchev–Trinajstić information content (AvgIpc) is 2.35. The van der Waals surface area contributed by atoms with Gasteiger partial charge in [0.15, 0.2) is 0 Å². The van der Waals surface area contributed by atoms with Crippen molar-refractivity contribution in [3.05, 3.63) is 23.8 Å². The van der Waals surface area contributed by atoms with Gasteiger partial charge in [-0.1, -0.05) is 15.9 Å². The molecular formula is C11H12BrNO3. The van der Waals surface area contributed by atoms with E-state index in [0.29, 0.717) is 22.4 Å². The van der Waals surface area contributed by atoms with Gasteiger partial charge in [-0.3, -0.25) is 0 Å². The normalized spacial score (nSPS) is 11.6. The van der Waals surface area contributed by atoms with Crippen LogP contribution in [0.3, 0.4) is 0 Å². The molecule has 0 heterocycles. The quantitative estimate of drug-likeness (QED) is 0.837. The molecule has 5 heteroatoms. The lowest BCUT2D eigenvalue weighted by Gasteiger charge is -2.11. The van der Waals surface area contributed by atoms with Crippen molar-refractivity contribution in [1.82, 2.24) is 0 Å². The van der Waals surface area contributed by atoms with Crippen molar-refractivity contribution >= 4 is 15.9 Å². The number of hydrogen-bond donors (Lipinski definition) is 1. The molecule has 1 aromatic rings. The van der Waals surface area contributed by atoms with Gasteiger partial charge in [0, 0.05) is 11.4 Å². The minimum Gasteiger partial charge on any atom is -0.497 e. The fourth-order valence-corrected chi connectivity index (χ4v) is 1.26. The lowest BCUT2D eigenvalue weighted by atomic mass is 10.2. The zero-order valence-corrected chi connectivity index (χ0v) is 10.4. The van der Waals surface area contributed by atoms with Gasteiger partial charge in [0.05, 0.1) is 24.8 Å². The zero-order valence-electron chi connectivity index (χ0n) is 8.81. The van der Waals surface area contributed by atoms with E-state index in [1.807, 2.05) is 6.07 Å². The summed E-state index contributed by atoms with van der Waals surface area (Å²) < 4.78 is 10.4. The number of benzene rings is 1. The summed E-state index contributed by atoms with van der Waals surface area (Å²) in [5.41, 5.74) is 0.461. The number of nitrogens with zero attached hydrogens (tertiary/aromatic N) is 1. The summed E-state index contributed by atoms with van der Waals surface area (Å²) in [7, 11) is 1.52. The first kappa shape index (κ1) is 12.8. The van der Waals surface area contributed by atoms with Gasteiger partial charge in [-0.25, -0.2) is 0 Å². The fourth-order valence-electron chi connectivity index (χ4n) is 1.07. The van der Waals surface area contributed by atoms with Crippen molar-refractivity contribution < 1.29 is 14.6 Å². The minimum atomic E-state index is -0.572. The van der Waals surface area contributed by atoms with Crippen molar-refractivity contribution in [2.45, 2.75) is 6.10 Å². The molecule has 0 amide bonds. The van der Waals surface area contributed by atoms with Crippen molar-refractivity contribution in [2.75, 3.05) is 19.0 Å². The molecule has 1 rings (SSSR count). The number of methoxy groups -OCH3 is 1. The number of hydrogen-bond acceptors (Lipinski definition) is 4. The van der Waals surface area contributed by atoms with Gasteiger partial charge in [0.1, 0.15) is 18.1 Å². The van der Waals surface area contributed by atoms with Crippen LogP contribution >= 0.6 is 15.9 Å². The zero-order chi connectivity index (χ0) is 12.0. The number of aliphatic hydroxyl groups is 1. The number of halogens is 1. The number of ether oxygens (including phenoxy) is 2. The molecule has 86 valence electrons. The second-order valence-electron chi connectivity index (χ2n) is 3.13. The molecule has 0 fully saturated rings. The Kier molecular flexibility index (Phi) is 5.09. The summed E-state index contributed by atoms with van der Waals surface area (Å²) in [5, 5.41) is 18.5. The topological polar surface area (TPSA) is 62.5 Å². The second-order valence-corrected chi connectivity index (χ2v) is 3.78. The van der Waals surface area contributed by atoms with Crippen LogP contribution in [-0.2, 0) is 0 Å². The van der Waals surface area contributed by atoms with Gasteiger partial charge in [0.25, 0.3) is 0 Å². The molecule has 1 unspecified atom stereocenters. The third-order valence-corrected chi connectivity index (χ3v) is 2.61. The van der Waals surface area contributed by atoms with Gasteiger partial charge in [-0.2, -0.15) is 5.26 Å². The molecule has 0 saturated carbocycles. The van der Waals surface area contributed by atoms with Crippen LogP contribution in [-0.4, -0.2) is 30.3 Å². The summed E-state index contributed by atoms with van der Waals surface area (Å²) in [6.45, 7) is 0.170. The maximum Gasteiger partial charge on any atom is 0.124 e. The van der Waals surface area contributed by atoms with E-state index in [0.717, 1.165) is 0 Å². The molecule has 0 aliphatic carbocycles. The first-order valence-corrected chi connectivity index (χ1v) is 5.77. The third kappa shape index (κ3) is 3.72. The molecule has 0 saturated heterocycles. The van der Waals surface area contributed by atoms with Gasteiger partial charge >= 0.3 is 0 Å². The Morgan fingerprint density at radius 3 is 2.69 bits per heavy atom. The lowest BCUT2D eigenvalue weighted by Crippen LogP contribution is -2.18. The Hall–Kier alpha value is -1.25. The van der Waals surface area contributed by atoms with E-state index in [9.17, 15) is 5.11 Å². The van der Waals surface area contributed by atoms with Crippen LogP contribution in [0.2, 0.25) is 0 Å². The van der Waals surface area contributed by atoms with E-state index in [2.05, 4.69) is 15.9 Å². The summed E-state index contributed by atoms with van der Waals surface area (Å²) >= 11 is 3.14. The molecule has 0 aromatic heterocycles. The van der Waals surface area contributed by atoms with Crippen LogP contribution in [0.15, 0.2) is 18.2 Å². The Morgan fingerprint density at radius 1 is 1.44 bits per heavy atom. The molecule has 0 spiro atoms. The van der Waals surface area contributed by atoms with Gasteiger partial charge in [0.2, 0.25) is 0 Å². The van der Waals surface area contributed by atoms with Crippen LogP contribution in [0.5, 0.6) is 11.5 Å².